The van der Waals surface area contributed by atoms with Crippen LogP contribution in [0.5, 0.6) is 0 Å². The van der Waals surface area contributed by atoms with Gasteiger partial charge in [0.05, 0.1) is 18.3 Å². The van der Waals surface area contributed by atoms with Gasteiger partial charge < -0.3 is 15.5 Å². The number of benzene rings is 1. The third-order valence-corrected chi connectivity index (χ3v) is 3.81. The number of rotatable bonds is 6. The second-order valence-corrected chi connectivity index (χ2v) is 5.69. The van der Waals surface area contributed by atoms with Gasteiger partial charge in [-0.25, -0.2) is 9.59 Å². The molecule has 27 heavy (non-hydrogen) atoms. The maximum Gasteiger partial charge on any atom is 0.339 e. The summed E-state index contributed by atoms with van der Waals surface area (Å²) in [5.41, 5.74) is 0.743. The van der Waals surface area contributed by atoms with Crippen molar-refractivity contribution in [1.29, 1.82) is 0 Å². The zero-order chi connectivity index (χ0) is 19.6. The maximum absolute atomic E-state index is 12.4. The Bertz CT molecular complexity index is 1020. The van der Waals surface area contributed by atoms with Crippen LogP contribution in [0.1, 0.15) is 36.8 Å². The van der Waals surface area contributed by atoms with E-state index >= 15 is 0 Å². The normalized spacial score (nSPS) is 10.6. The first-order chi connectivity index (χ1) is 12.8. The molecule has 10 nitrogen and oxygen atoms in total. The number of hydrogen-bond acceptors (Lipinski definition) is 5. The van der Waals surface area contributed by atoms with Gasteiger partial charge in [-0.3, -0.25) is 14.2 Å². The Balaban J connectivity index is 1.71. The van der Waals surface area contributed by atoms with Gasteiger partial charge in [0.25, 0.3) is 5.91 Å². The maximum atomic E-state index is 12.4. The summed E-state index contributed by atoms with van der Waals surface area (Å²) < 4.78 is 2.74. The van der Waals surface area contributed by atoms with Crippen molar-refractivity contribution in [3.8, 4) is 0 Å². The Hall–Kier alpha value is -3.95. The third-order valence-electron chi connectivity index (χ3n) is 3.81. The highest BCUT2D eigenvalue weighted by Gasteiger charge is 2.22. The molecule has 0 aliphatic rings. The number of amides is 1. The molecule has 3 N–H and O–H groups in total. The quantitative estimate of drug-likeness (QED) is 0.595. The predicted octanol–water partition coefficient (Wildman–Crippen LogP) is 1.31. The van der Waals surface area contributed by atoms with Crippen LogP contribution in [0.25, 0.3) is 0 Å². The molecule has 0 fully saturated rings. The van der Waals surface area contributed by atoms with Crippen LogP contribution < -0.4 is 5.32 Å². The molecule has 1 aromatic carbocycles. The van der Waals surface area contributed by atoms with Gasteiger partial charge in [-0.05, 0) is 17.7 Å². The van der Waals surface area contributed by atoms with Crippen LogP contribution in [-0.4, -0.2) is 47.6 Å². The van der Waals surface area contributed by atoms with Crippen LogP contribution in [-0.2, 0) is 13.6 Å². The molecule has 0 radical (unpaired) electrons. The highest BCUT2D eigenvalue weighted by molar-refractivity contribution is 6.09. The average Bonchev–Trinajstić information content (AvgIpc) is 3.21. The van der Waals surface area contributed by atoms with E-state index < -0.39 is 17.8 Å². The molecular weight excluding hydrogens is 354 g/mol. The molecule has 138 valence electrons. The van der Waals surface area contributed by atoms with Crippen molar-refractivity contribution in [3.63, 3.8) is 0 Å². The molecule has 2 heterocycles. The van der Waals surface area contributed by atoms with Crippen molar-refractivity contribution < 1.29 is 24.6 Å². The smallest absolute Gasteiger partial charge is 0.339 e. The molecule has 3 rings (SSSR count). The Labute approximate surface area is 152 Å². The molecular formula is C17H15N5O5. The zero-order valence-corrected chi connectivity index (χ0v) is 14.2. The van der Waals surface area contributed by atoms with Crippen molar-refractivity contribution in [3.05, 3.63) is 65.1 Å². The number of carbonyl (C=O) groups excluding carboxylic acids is 1. The van der Waals surface area contributed by atoms with Crippen LogP contribution in [0.2, 0.25) is 0 Å². The summed E-state index contributed by atoms with van der Waals surface area (Å²) in [5.74, 6) is -2.63. The van der Waals surface area contributed by atoms with E-state index in [2.05, 4.69) is 15.5 Å². The standard InChI is InChI=1S/C17H15N5O5/c1-21-14(12(8-18-21)17(26)27)15(23)19-13-6-7-22(20-13)9-10-2-4-11(5-3-10)16(24)25/h2-8H,9H2,1H3,(H,24,25)(H,26,27)(H,19,20,23). The first-order valence-electron chi connectivity index (χ1n) is 7.77. The lowest BCUT2D eigenvalue weighted by molar-refractivity contribution is 0.0684. The summed E-state index contributed by atoms with van der Waals surface area (Å²) >= 11 is 0. The number of nitrogens with zero attached hydrogens (tertiary/aromatic N) is 4. The highest BCUT2D eigenvalue weighted by Crippen LogP contribution is 2.12. The first-order valence-corrected chi connectivity index (χ1v) is 7.77. The number of aryl methyl sites for hydroxylation is 1. The third kappa shape index (κ3) is 3.84. The molecule has 0 saturated heterocycles. The summed E-state index contributed by atoms with van der Waals surface area (Å²) in [6, 6.07) is 7.93. The number of carboxylic acids is 2. The van der Waals surface area contributed by atoms with E-state index in [1.807, 2.05) is 0 Å². The molecule has 10 heteroatoms. The molecule has 0 aliphatic heterocycles. The highest BCUT2D eigenvalue weighted by atomic mass is 16.4. The predicted molar refractivity (Wildman–Crippen MR) is 92.9 cm³/mol. The number of carbonyl (C=O) groups is 3. The lowest BCUT2D eigenvalue weighted by Gasteiger charge is -2.05. The van der Waals surface area contributed by atoms with E-state index in [0.717, 1.165) is 11.8 Å². The molecule has 0 unspecified atom stereocenters. The van der Waals surface area contributed by atoms with Gasteiger partial charge in [-0.2, -0.15) is 10.2 Å². The zero-order valence-electron chi connectivity index (χ0n) is 14.2. The van der Waals surface area contributed by atoms with Crippen molar-refractivity contribution in [1.82, 2.24) is 19.6 Å². The van der Waals surface area contributed by atoms with Gasteiger partial charge in [0, 0.05) is 19.3 Å². The topological polar surface area (TPSA) is 139 Å². The van der Waals surface area contributed by atoms with Crippen molar-refractivity contribution in [2.75, 3.05) is 5.32 Å². The Morgan fingerprint density at radius 3 is 2.41 bits per heavy atom. The van der Waals surface area contributed by atoms with Crippen molar-refractivity contribution in [2.24, 2.45) is 7.05 Å². The summed E-state index contributed by atoms with van der Waals surface area (Å²) in [5, 5.41) is 28.6. The molecule has 0 spiro atoms. The lowest BCUT2D eigenvalue weighted by atomic mass is 10.1. The van der Waals surface area contributed by atoms with Gasteiger partial charge in [-0.1, -0.05) is 12.1 Å². The van der Waals surface area contributed by atoms with Crippen molar-refractivity contribution >= 4 is 23.7 Å². The van der Waals surface area contributed by atoms with Gasteiger partial charge in [0.2, 0.25) is 0 Å². The average molecular weight is 369 g/mol. The van der Waals surface area contributed by atoms with Crippen LogP contribution in [0.15, 0.2) is 42.7 Å². The molecule has 0 aliphatic carbocycles. The van der Waals surface area contributed by atoms with Crippen LogP contribution in [0, 0.1) is 0 Å². The Morgan fingerprint density at radius 2 is 1.78 bits per heavy atom. The van der Waals surface area contributed by atoms with E-state index in [9.17, 15) is 14.4 Å². The minimum Gasteiger partial charge on any atom is -0.478 e. The van der Waals surface area contributed by atoms with E-state index in [1.165, 1.54) is 23.9 Å². The molecule has 0 bridgehead atoms. The minimum atomic E-state index is -1.25. The largest absolute Gasteiger partial charge is 0.478 e. The summed E-state index contributed by atoms with van der Waals surface area (Å²) in [4.78, 5) is 34.4. The van der Waals surface area contributed by atoms with Gasteiger partial charge in [-0.15, -0.1) is 0 Å². The molecule has 2 aromatic heterocycles. The van der Waals surface area contributed by atoms with Gasteiger partial charge >= 0.3 is 11.9 Å². The Morgan fingerprint density at radius 1 is 1.07 bits per heavy atom. The second-order valence-electron chi connectivity index (χ2n) is 5.69. The molecule has 1 amide bonds. The summed E-state index contributed by atoms with van der Waals surface area (Å²) in [7, 11) is 1.47. The molecule has 0 atom stereocenters. The van der Waals surface area contributed by atoms with E-state index in [-0.39, 0.29) is 22.6 Å². The SMILES string of the molecule is Cn1ncc(C(=O)O)c1C(=O)Nc1ccn(Cc2ccc(C(=O)O)cc2)n1. The van der Waals surface area contributed by atoms with E-state index in [1.54, 1.807) is 29.1 Å². The summed E-state index contributed by atoms with van der Waals surface area (Å²) in [6.07, 6.45) is 2.75. The molecule has 3 aromatic rings. The van der Waals surface area contributed by atoms with Gasteiger partial charge in [0.15, 0.2) is 5.82 Å². The summed E-state index contributed by atoms with van der Waals surface area (Å²) in [6.45, 7) is 0.377. The number of aromatic carboxylic acids is 2. The fourth-order valence-electron chi connectivity index (χ4n) is 2.50. The first kappa shape index (κ1) is 17.9. The van der Waals surface area contributed by atoms with Crippen LogP contribution in [0.4, 0.5) is 5.82 Å². The number of anilines is 1. The number of nitrogens with one attached hydrogen (secondary N) is 1. The number of aromatic nitrogens is 4. The minimum absolute atomic E-state index is 0.0821. The number of carboxylic acid groups (broad SMARTS) is 2. The Kier molecular flexibility index (Phi) is 4.71. The monoisotopic (exact) mass is 369 g/mol. The van der Waals surface area contributed by atoms with Gasteiger partial charge in [0.1, 0.15) is 11.3 Å². The molecule has 0 saturated carbocycles. The van der Waals surface area contributed by atoms with E-state index in [0.29, 0.717) is 6.54 Å². The number of hydrogen-bond donors (Lipinski definition) is 3. The van der Waals surface area contributed by atoms with Crippen LogP contribution >= 0.6 is 0 Å². The fraction of sp³-hybridized carbons (Fsp3) is 0.118. The lowest BCUT2D eigenvalue weighted by Crippen LogP contribution is -2.19. The van der Waals surface area contributed by atoms with E-state index in [4.69, 9.17) is 10.2 Å². The van der Waals surface area contributed by atoms with Crippen molar-refractivity contribution in [2.45, 2.75) is 6.54 Å². The second kappa shape index (κ2) is 7.12. The fourth-order valence-corrected chi connectivity index (χ4v) is 2.50. The van der Waals surface area contributed by atoms with Crippen LogP contribution in [0.3, 0.4) is 0 Å².